The summed E-state index contributed by atoms with van der Waals surface area (Å²) in [5.41, 5.74) is 2.08. The lowest BCUT2D eigenvalue weighted by molar-refractivity contribution is -0.127. The molecule has 1 aliphatic heterocycles. The molecule has 2 aromatic heterocycles. The summed E-state index contributed by atoms with van der Waals surface area (Å²) < 4.78 is 0. The lowest BCUT2D eigenvalue weighted by Crippen LogP contribution is -2.27. The number of aromatic amines is 1. The predicted molar refractivity (Wildman–Crippen MR) is 74.7 cm³/mol. The third-order valence-corrected chi connectivity index (χ3v) is 3.70. The number of nitrogens with zero attached hydrogens (tertiary/aromatic N) is 2. The van der Waals surface area contributed by atoms with Crippen LogP contribution >= 0.6 is 0 Å². The average molecular weight is 255 g/mol. The fourth-order valence-corrected chi connectivity index (χ4v) is 2.56. The van der Waals surface area contributed by atoms with Crippen LogP contribution in [0.2, 0.25) is 0 Å². The number of rotatable bonds is 4. The van der Waals surface area contributed by atoms with E-state index in [9.17, 15) is 4.79 Å². The number of fused-ring (bicyclic) bond motifs is 1. The monoisotopic (exact) mass is 255 g/mol. The van der Waals surface area contributed by atoms with Gasteiger partial charge in [-0.1, -0.05) is 6.08 Å². The van der Waals surface area contributed by atoms with Crippen LogP contribution < -0.4 is 0 Å². The molecule has 4 heteroatoms. The minimum absolute atomic E-state index is 0.237. The zero-order valence-corrected chi connectivity index (χ0v) is 10.8. The molecule has 1 atom stereocenters. The third kappa shape index (κ3) is 2.38. The Morgan fingerprint density at radius 1 is 1.58 bits per heavy atom. The SMILES string of the molecule is C=CC1CC(=O)N(CCc2cnc3[nH]ccc3c2)C1. The summed E-state index contributed by atoms with van der Waals surface area (Å²) in [6, 6.07) is 4.14. The first-order valence-electron chi connectivity index (χ1n) is 6.58. The number of H-pyrrole nitrogens is 1. The van der Waals surface area contributed by atoms with Crippen molar-refractivity contribution in [2.24, 2.45) is 5.92 Å². The first-order valence-corrected chi connectivity index (χ1v) is 6.58. The van der Waals surface area contributed by atoms with Gasteiger partial charge < -0.3 is 9.88 Å². The van der Waals surface area contributed by atoms with E-state index >= 15 is 0 Å². The van der Waals surface area contributed by atoms with Crippen molar-refractivity contribution in [1.82, 2.24) is 14.9 Å². The molecule has 0 bridgehead atoms. The summed E-state index contributed by atoms with van der Waals surface area (Å²) in [5, 5.41) is 1.12. The molecule has 3 rings (SSSR count). The molecule has 19 heavy (non-hydrogen) atoms. The number of carbonyl (C=O) groups is 1. The number of hydrogen-bond donors (Lipinski definition) is 1. The minimum Gasteiger partial charge on any atom is -0.346 e. The molecular formula is C15H17N3O. The highest BCUT2D eigenvalue weighted by Crippen LogP contribution is 2.19. The van der Waals surface area contributed by atoms with Crippen LogP contribution in [0, 0.1) is 5.92 Å². The summed E-state index contributed by atoms with van der Waals surface area (Å²) in [4.78, 5) is 21.2. The number of nitrogens with one attached hydrogen (secondary N) is 1. The van der Waals surface area contributed by atoms with E-state index in [0.717, 1.165) is 30.5 Å². The van der Waals surface area contributed by atoms with Crippen molar-refractivity contribution in [3.05, 3.63) is 42.7 Å². The Labute approximate surface area is 112 Å². The first-order chi connectivity index (χ1) is 9.26. The molecule has 98 valence electrons. The third-order valence-electron chi connectivity index (χ3n) is 3.70. The van der Waals surface area contributed by atoms with E-state index in [2.05, 4.69) is 22.6 Å². The van der Waals surface area contributed by atoms with Gasteiger partial charge in [-0.05, 0) is 24.1 Å². The van der Waals surface area contributed by atoms with Crippen LogP contribution in [-0.2, 0) is 11.2 Å². The van der Waals surface area contributed by atoms with Gasteiger partial charge in [0.2, 0.25) is 5.91 Å². The second-order valence-electron chi connectivity index (χ2n) is 5.05. The lowest BCUT2D eigenvalue weighted by Gasteiger charge is -2.15. The van der Waals surface area contributed by atoms with Crippen LogP contribution in [-0.4, -0.2) is 33.9 Å². The maximum absolute atomic E-state index is 11.8. The summed E-state index contributed by atoms with van der Waals surface area (Å²) in [6.07, 6.45) is 7.11. The second kappa shape index (κ2) is 4.88. The number of aromatic nitrogens is 2. The van der Waals surface area contributed by atoms with Crippen LogP contribution in [0.3, 0.4) is 0 Å². The highest BCUT2D eigenvalue weighted by molar-refractivity contribution is 5.79. The van der Waals surface area contributed by atoms with E-state index < -0.39 is 0 Å². The van der Waals surface area contributed by atoms with Crippen molar-refractivity contribution in [1.29, 1.82) is 0 Å². The van der Waals surface area contributed by atoms with Crippen molar-refractivity contribution >= 4 is 16.9 Å². The molecule has 3 heterocycles. The van der Waals surface area contributed by atoms with Gasteiger partial charge in [0, 0.05) is 43.2 Å². The molecule has 1 aliphatic rings. The van der Waals surface area contributed by atoms with Gasteiger partial charge in [0.15, 0.2) is 0 Å². The average Bonchev–Trinajstić information content (AvgIpc) is 3.02. The van der Waals surface area contributed by atoms with Gasteiger partial charge in [-0.3, -0.25) is 4.79 Å². The van der Waals surface area contributed by atoms with E-state index in [4.69, 9.17) is 0 Å². The van der Waals surface area contributed by atoms with Crippen molar-refractivity contribution in [3.63, 3.8) is 0 Å². The quantitative estimate of drug-likeness (QED) is 0.851. The van der Waals surface area contributed by atoms with Crippen molar-refractivity contribution < 1.29 is 4.79 Å². The maximum atomic E-state index is 11.8. The largest absolute Gasteiger partial charge is 0.346 e. The molecule has 0 spiro atoms. The molecular weight excluding hydrogens is 238 g/mol. The fourth-order valence-electron chi connectivity index (χ4n) is 2.56. The molecule has 1 saturated heterocycles. The highest BCUT2D eigenvalue weighted by Gasteiger charge is 2.26. The van der Waals surface area contributed by atoms with Gasteiger partial charge in [-0.25, -0.2) is 4.98 Å². The van der Waals surface area contributed by atoms with Crippen LogP contribution in [0.15, 0.2) is 37.2 Å². The summed E-state index contributed by atoms with van der Waals surface area (Å²) in [5.74, 6) is 0.554. The summed E-state index contributed by atoms with van der Waals surface area (Å²) >= 11 is 0. The molecule has 0 aliphatic carbocycles. The van der Waals surface area contributed by atoms with E-state index in [1.54, 1.807) is 0 Å². The Balaban J connectivity index is 1.65. The molecule has 1 amide bonds. The van der Waals surface area contributed by atoms with E-state index in [-0.39, 0.29) is 5.91 Å². The van der Waals surface area contributed by atoms with Crippen LogP contribution in [0.5, 0.6) is 0 Å². The Morgan fingerprint density at radius 3 is 3.26 bits per heavy atom. The number of pyridine rings is 1. The van der Waals surface area contributed by atoms with Gasteiger partial charge in [0.1, 0.15) is 5.65 Å². The zero-order valence-electron chi connectivity index (χ0n) is 10.8. The topological polar surface area (TPSA) is 49.0 Å². The lowest BCUT2D eigenvalue weighted by atomic mass is 10.1. The molecule has 1 unspecified atom stereocenters. The van der Waals surface area contributed by atoms with Crippen molar-refractivity contribution in [3.8, 4) is 0 Å². The second-order valence-corrected chi connectivity index (χ2v) is 5.05. The van der Waals surface area contributed by atoms with E-state index in [1.807, 2.05) is 29.4 Å². The van der Waals surface area contributed by atoms with Crippen LogP contribution in [0.1, 0.15) is 12.0 Å². The van der Waals surface area contributed by atoms with Crippen LogP contribution in [0.4, 0.5) is 0 Å². The van der Waals surface area contributed by atoms with Crippen molar-refractivity contribution in [2.75, 3.05) is 13.1 Å². The Kier molecular flexibility index (Phi) is 3.07. The molecule has 1 N–H and O–H groups in total. The summed E-state index contributed by atoms with van der Waals surface area (Å²) in [6.45, 7) is 5.34. The molecule has 0 radical (unpaired) electrons. The number of likely N-dealkylation sites (tertiary alicyclic amines) is 1. The van der Waals surface area contributed by atoms with Gasteiger partial charge in [-0.2, -0.15) is 0 Å². The number of hydrogen-bond acceptors (Lipinski definition) is 2. The first kappa shape index (κ1) is 12.0. The molecule has 2 aromatic rings. The standard InChI is InChI=1S/C15H17N3O/c1-2-11-8-14(19)18(10-11)6-4-12-7-13-3-5-16-15(13)17-9-12/h2-3,5,7,9,11H,1,4,6,8,10H2,(H,16,17). The maximum Gasteiger partial charge on any atom is 0.223 e. The van der Waals surface area contributed by atoms with Gasteiger partial charge in [-0.15, -0.1) is 6.58 Å². The fraction of sp³-hybridized carbons (Fsp3) is 0.333. The van der Waals surface area contributed by atoms with Gasteiger partial charge in [0.05, 0.1) is 0 Å². The number of amides is 1. The van der Waals surface area contributed by atoms with E-state index in [0.29, 0.717) is 12.3 Å². The van der Waals surface area contributed by atoms with Crippen LogP contribution in [0.25, 0.3) is 11.0 Å². The molecule has 1 fully saturated rings. The Bertz CT molecular complexity index is 617. The highest BCUT2D eigenvalue weighted by atomic mass is 16.2. The number of carbonyl (C=O) groups excluding carboxylic acids is 1. The molecule has 0 saturated carbocycles. The van der Waals surface area contributed by atoms with Crippen molar-refractivity contribution in [2.45, 2.75) is 12.8 Å². The molecule has 4 nitrogen and oxygen atoms in total. The zero-order chi connectivity index (χ0) is 13.2. The Hall–Kier alpha value is -2.10. The Morgan fingerprint density at radius 2 is 2.47 bits per heavy atom. The normalized spacial score (nSPS) is 19.3. The summed E-state index contributed by atoms with van der Waals surface area (Å²) in [7, 11) is 0. The minimum atomic E-state index is 0.237. The van der Waals surface area contributed by atoms with Gasteiger partial charge in [0.25, 0.3) is 0 Å². The smallest absolute Gasteiger partial charge is 0.223 e. The van der Waals surface area contributed by atoms with E-state index in [1.165, 1.54) is 5.56 Å². The van der Waals surface area contributed by atoms with Gasteiger partial charge >= 0.3 is 0 Å². The molecule has 0 aromatic carbocycles. The predicted octanol–water partition coefficient (Wildman–Crippen LogP) is 2.14.